The number of hydrogen-bond donors (Lipinski definition) is 2. The van der Waals surface area contributed by atoms with Gasteiger partial charge in [0.1, 0.15) is 0 Å². The lowest BCUT2D eigenvalue weighted by Gasteiger charge is -2.07. The van der Waals surface area contributed by atoms with Crippen LogP contribution in [0.1, 0.15) is 15.9 Å². The van der Waals surface area contributed by atoms with Crippen molar-refractivity contribution in [2.45, 2.75) is 6.92 Å². The Hall–Kier alpha value is -2.89. The number of carbonyl (C=O) groups is 1. The van der Waals surface area contributed by atoms with Crippen molar-refractivity contribution < 1.29 is 9.72 Å². The minimum Gasteiger partial charge on any atom is -0.399 e. The molecule has 1 amide bonds. The second-order valence-corrected chi connectivity index (χ2v) is 4.33. The highest BCUT2D eigenvalue weighted by Gasteiger charge is 2.14. The molecule has 2 rings (SSSR count). The molecule has 6 nitrogen and oxygen atoms in total. The van der Waals surface area contributed by atoms with Crippen LogP contribution in [0.3, 0.4) is 0 Å². The maximum Gasteiger partial charge on any atom is 0.270 e. The summed E-state index contributed by atoms with van der Waals surface area (Å²) in [6.45, 7) is 1.72. The van der Waals surface area contributed by atoms with Gasteiger partial charge in [0.25, 0.3) is 11.6 Å². The first kappa shape index (κ1) is 13.5. The second kappa shape index (κ2) is 5.40. The van der Waals surface area contributed by atoms with Gasteiger partial charge in [-0.2, -0.15) is 0 Å². The number of amides is 1. The van der Waals surface area contributed by atoms with Gasteiger partial charge in [0.05, 0.1) is 4.92 Å². The van der Waals surface area contributed by atoms with Crippen LogP contribution in [0.25, 0.3) is 0 Å². The Labute approximate surface area is 115 Å². The minimum atomic E-state index is -0.528. The molecule has 2 aromatic rings. The SMILES string of the molecule is Cc1ccc([N+](=O)[O-])cc1C(=O)Nc1ccc(N)cc1. The molecule has 6 heteroatoms. The standard InChI is InChI=1S/C14H13N3O3/c1-9-2-7-12(17(19)20)8-13(9)14(18)16-11-5-3-10(15)4-6-11/h2-8H,15H2,1H3,(H,16,18). The molecule has 20 heavy (non-hydrogen) atoms. The van der Waals surface area contributed by atoms with E-state index < -0.39 is 10.8 Å². The fourth-order valence-electron chi connectivity index (χ4n) is 1.73. The van der Waals surface area contributed by atoms with Crippen molar-refractivity contribution in [1.82, 2.24) is 0 Å². The number of nitrogens with two attached hydrogens (primary N) is 1. The van der Waals surface area contributed by atoms with Gasteiger partial charge in [-0.25, -0.2) is 0 Å². The average Bonchev–Trinajstić information content (AvgIpc) is 2.41. The van der Waals surface area contributed by atoms with Crippen molar-refractivity contribution >= 4 is 23.0 Å². The molecule has 0 radical (unpaired) electrons. The molecule has 0 aliphatic carbocycles. The summed E-state index contributed by atoms with van der Waals surface area (Å²) in [4.78, 5) is 22.3. The summed E-state index contributed by atoms with van der Waals surface area (Å²) in [7, 11) is 0. The molecule has 0 aliphatic rings. The topological polar surface area (TPSA) is 98.3 Å². The molecule has 0 unspecified atom stereocenters. The molecule has 0 fully saturated rings. The van der Waals surface area contributed by atoms with Gasteiger partial charge in [-0.1, -0.05) is 6.07 Å². The third-order valence-electron chi connectivity index (χ3n) is 2.85. The second-order valence-electron chi connectivity index (χ2n) is 4.33. The molecular formula is C14H13N3O3. The van der Waals surface area contributed by atoms with E-state index in [1.807, 2.05) is 0 Å². The number of rotatable bonds is 3. The lowest BCUT2D eigenvalue weighted by Crippen LogP contribution is -2.13. The maximum atomic E-state index is 12.1. The van der Waals surface area contributed by atoms with Crippen LogP contribution in [-0.4, -0.2) is 10.8 Å². The van der Waals surface area contributed by atoms with E-state index in [2.05, 4.69) is 5.32 Å². The average molecular weight is 271 g/mol. The lowest BCUT2D eigenvalue weighted by atomic mass is 10.1. The van der Waals surface area contributed by atoms with Crippen LogP contribution in [0.5, 0.6) is 0 Å². The Morgan fingerprint density at radius 3 is 2.45 bits per heavy atom. The van der Waals surface area contributed by atoms with Gasteiger partial charge >= 0.3 is 0 Å². The number of aryl methyl sites for hydroxylation is 1. The zero-order chi connectivity index (χ0) is 14.7. The molecule has 0 heterocycles. The van der Waals surface area contributed by atoms with Crippen molar-refractivity contribution in [2.24, 2.45) is 0 Å². The number of nitrogen functional groups attached to an aromatic ring is 1. The van der Waals surface area contributed by atoms with Crippen molar-refractivity contribution in [2.75, 3.05) is 11.1 Å². The third-order valence-corrected chi connectivity index (χ3v) is 2.85. The Balaban J connectivity index is 2.26. The highest BCUT2D eigenvalue weighted by Crippen LogP contribution is 2.19. The number of hydrogen-bond acceptors (Lipinski definition) is 4. The van der Waals surface area contributed by atoms with E-state index in [1.165, 1.54) is 12.1 Å². The summed E-state index contributed by atoms with van der Waals surface area (Å²) in [5.41, 5.74) is 7.56. The summed E-state index contributed by atoms with van der Waals surface area (Å²) in [5.74, 6) is -0.393. The quantitative estimate of drug-likeness (QED) is 0.509. The van der Waals surface area contributed by atoms with E-state index in [0.717, 1.165) is 0 Å². The fraction of sp³-hybridized carbons (Fsp3) is 0.0714. The smallest absolute Gasteiger partial charge is 0.270 e. The van der Waals surface area contributed by atoms with E-state index in [0.29, 0.717) is 16.9 Å². The highest BCUT2D eigenvalue weighted by molar-refractivity contribution is 6.05. The first-order chi connectivity index (χ1) is 9.47. The summed E-state index contributed by atoms with van der Waals surface area (Å²) in [6.07, 6.45) is 0. The molecule has 0 bridgehead atoms. The van der Waals surface area contributed by atoms with E-state index in [4.69, 9.17) is 5.73 Å². The third kappa shape index (κ3) is 2.92. The summed E-state index contributed by atoms with van der Waals surface area (Å²) in [6, 6.07) is 10.8. The van der Waals surface area contributed by atoms with Gasteiger partial charge in [-0.05, 0) is 36.8 Å². The molecule has 0 aromatic heterocycles. The number of nitrogens with one attached hydrogen (secondary N) is 1. The van der Waals surface area contributed by atoms with Crippen molar-refractivity contribution in [3.63, 3.8) is 0 Å². The Morgan fingerprint density at radius 1 is 1.20 bits per heavy atom. The zero-order valence-electron chi connectivity index (χ0n) is 10.8. The molecule has 3 N–H and O–H groups in total. The van der Waals surface area contributed by atoms with Crippen LogP contribution >= 0.6 is 0 Å². The molecule has 102 valence electrons. The minimum absolute atomic E-state index is 0.113. The van der Waals surface area contributed by atoms with Crippen LogP contribution in [-0.2, 0) is 0 Å². The van der Waals surface area contributed by atoms with Gasteiger partial charge in [0.2, 0.25) is 0 Å². The maximum absolute atomic E-state index is 12.1. The molecule has 0 aliphatic heterocycles. The molecular weight excluding hydrogens is 258 g/mol. The monoisotopic (exact) mass is 271 g/mol. The summed E-state index contributed by atoms with van der Waals surface area (Å²) in [5, 5.41) is 13.4. The van der Waals surface area contributed by atoms with Crippen LogP contribution in [0.2, 0.25) is 0 Å². The Morgan fingerprint density at radius 2 is 1.85 bits per heavy atom. The summed E-state index contributed by atoms with van der Waals surface area (Å²) < 4.78 is 0. The number of nitrogens with zero attached hydrogens (tertiary/aromatic N) is 1. The molecule has 0 saturated heterocycles. The fourth-order valence-corrected chi connectivity index (χ4v) is 1.73. The van der Waals surface area contributed by atoms with Gasteiger partial charge in [0, 0.05) is 29.1 Å². The zero-order valence-corrected chi connectivity index (χ0v) is 10.8. The lowest BCUT2D eigenvalue weighted by molar-refractivity contribution is -0.384. The van der Waals surface area contributed by atoms with Crippen LogP contribution in [0.4, 0.5) is 17.1 Å². The number of benzene rings is 2. The predicted octanol–water partition coefficient (Wildman–Crippen LogP) is 2.74. The highest BCUT2D eigenvalue weighted by atomic mass is 16.6. The number of anilines is 2. The van der Waals surface area contributed by atoms with Gasteiger partial charge < -0.3 is 11.1 Å². The van der Waals surface area contributed by atoms with E-state index in [9.17, 15) is 14.9 Å². The van der Waals surface area contributed by atoms with Crippen LogP contribution in [0, 0.1) is 17.0 Å². The normalized spacial score (nSPS) is 10.1. The summed E-state index contributed by atoms with van der Waals surface area (Å²) >= 11 is 0. The van der Waals surface area contributed by atoms with Crippen LogP contribution < -0.4 is 11.1 Å². The molecule has 2 aromatic carbocycles. The molecule has 0 atom stereocenters. The molecule has 0 saturated carbocycles. The Bertz CT molecular complexity index is 666. The van der Waals surface area contributed by atoms with Crippen molar-refractivity contribution in [3.05, 3.63) is 63.7 Å². The predicted molar refractivity (Wildman–Crippen MR) is 76.6 cm³/mol. The largest absolute Gasteiger partial charge is 0.399 e. The van der Waals surface area contributed by atoms with Gasteiger partial charge in [-0.3, -0.25) is 14.9 Å². The van der Waals surface area contributed by atoms with Gasteiger partial charge in [0.15, 0.2) is 0 Å². The number of nitro groups is 1. The molecule has 0 spiro atoms. The van der Waals surface area contributed by atoms with E-state index in [1.54, 1.807) is 37.3 Å². The van der Waals surface area contributed by atoms with Crippen LogP contribution in [0.15, 0.2) is 42.5 Å². The van der Waals surface area contributed by atoms with Gasteiger partial charge in [-0.15, -0.1) is 0 Å². The first-order valence-corrected chi connectivity index (χ1v) is 5.89. The first-order valence-electron chi connectivity index (χ1n) is 5.89. The Kier molecular flexibility index (Phi) is 3.65. The van der Waals surface area contributed by atoms with E-state index in [-0.39, 0.29) is 11.3 Å². The van der Waals surface area contributed by atoms with Crippen molar-refractivity contribution in [3.8, 4) is 0 Å². The van der Waals surface area contributed by atoms with E-state index >= 15 is 0 Å². The number of nitro benzene ring substituents is 1. The number of carbonyl (C=O) groups excluding carboxylic acids is 1. The van der Waals surface area contributed by atoms with Crippen molar-refractivity contribution in [1.29, 1.82) is 0 Å². The number of non-ortho nitro benzene ring substituents is 1.